The Hall–Kier alpha value is -1.04. The normalized spacial score (nSPS) is 21.7. The summed E-state index contributed by atoms with van der Waals surface area (Å²) in [6.45, 7) is 3.30. The van der Waals surface area contributed by atoms with Crippen molar-refractivity contribution in [2.24, 2.45) is 5.92 Å². The van der Waals surface area contributed by atoms with Gasteiger partial charge in [-0.25, -0.2) is 4.98 Å². The predicted octanol–water partition coefficient (Wildman–Crippen LogP) is 2.94. The predicted molar refractivity (Wildman–Crippen MR) is 66.7 cm³/mol. The smallest absolute Gasteiger partial charge is 0.337 e. The summed E-state index contributed by atoms with van der Waals surface area (Å²) in [5.41, 5.74) is 0. The summed E-state index contributed by atoms with van der Waals surface area (Å²) in [6.07, 6.45) is 3.22. The molecule has 3 nitrogen and oxygen atoms in total. The Morgan fingerprint density at radius 1 is 1.32 bits per heavy atom. The molecule has 0 radical (unpaired) electrons. The number of likely N-dealkylation sites (tertiary alicyclic amines) is 1. The molecule has 6 heteroatoms. The topological polar surface area (TPSA) is 21.1 Å². The van der Waals surface area contributed by atoms with E-state index in [1.165, 1.54) is 0 Å². The third kappa shape index (κ3) is 5.22. The largest absolute Gasteiger partial charge is 0.389 e. The molecule has 19 heavy (non-hydrogen) atoms. The lowest BCUT2D eigenvalue weighted by Gasteiger charge is -2.32. The van der Waals surface area contributed by atoms with Crippen molar-refractivity contribution in [3.8, 4) is 0 Å². The Labute approximate surface area is 111 Å². The number of hydrogen-bond donors (Lipinski definition) is 0. The molecule has 1 aliphatic heterocycles. The van der Waals surface area contributed by atoms with E-state index in [4.69, 9.17) is 0 Å². The lowest BCUT2D eigenvalue weighted by molar-refractivity contribution is -0.136. The molecule has 0 aliphatic carbocycles. The molecule has 1 aliphatic rings. The van der Waals surface area contributed by atoms with E-state index in [1.807, 2.05) is 10.8 Å². The van der Waals surface area contributed by atoms with Gasteiger partial charge in [-0.2, -0.15) is 13.2 Å². The van der Waals surface area contributed by atoms with Crippen molar-refractivity contribution in [3.63, 3.8) is 0 Å². The highest BCUT2D eigenvalue weighted by molar-refractivity contribution is 4.79. The van der Waals surface area contributed by atoms with Crippen LogP contribution in [0.3, 0.4) is 0 Å². The second-order valence-corrected chi connectivity index (χ2v) is 5.29. The number of piperidine rings is 1. The number of rotatable bonds is 5. The summed E-state index contributed by atoms with van der Waals surface area (Å²) in [7, 11) is 0. The van der Waals surface area contributed by atoms with Crippen LogP contribution >= 0.6 is 0 Å². The molecule has 1 unspecified atom stereocenters. The van der Waals surface area contributed by atoms with Crippen molar-refractivity contribution in [2.45, 2.75) is 38.4 Å². The van der Waals surface area contributed by atoms with Crippen LogP contribution < -0.4 is 0 Å². The van der Waals surface area contributed by atoms with E-state index in [0.717, 1.165) is 32.5 Å². The average molecular weight is 275 g/mol. The molecular formula is C13H20F3N3. The van der Waals surface area contributed by atoms with Gasteiger partial charge in [-0.15, -0.1) is 0 Å². The summed E-state index contributed by atoms with van der Waals surface area (Å²) >= 11 is 0. The summed E-state index contributed by atoms with van der Waals surface area (Å²) < 4.78 is 38.4. The van der Waals surface area contributed by atoms with Gasteiger partial charge in [-0.1, -0.05) is 0 Å². The number of alkyl halides is 3. The first-order valence-electron chi connectivity index (χ1n) is 6.78. The number of nitrogens with zero attached hydrogens (tertiary/aromatic N) is 3. The van der Waals surface area contributed by atoms with Gasteiger partial charge in [0.05, 0.1) is 6.33 Å². The van der Waals surface area contributed by atoms with Crippen LogP contribution in [0.2, 0.25) is 0 Å². The van der Waals surface area contributed by atoms with E-state index in [2.05, 4.69) is 9.88 Å². The zero-order valence-corrected chi connectivity index (χ0v) is 10.9. The molecule has 0 amide bonds. The quantitative estimate of drug-likeness (QED) is 0.824. The van der Waals surface area contributed by atoms with Gasteiger partial charge in [0.1, 0.15) is 0 Å². The van der Waals surface area contributed by atoms with Crippen molar-refractivity contribution in [1.82, 2.24) is 14.5 Å². The molecule has 0 aromatic carbocycles. The van der Waals surface area contributed by atoms with Crippen molar-refractivity contribution in [3.05, 3.63) is 18.7 Å². The monoisotopic (exact) mass is 275 g/mol. The van der Waals surface area contributed by atoms with Crippen LogP contribution in [-0.2, 0) is 6.54 Å². The number of aromatic nitrogens is 2. The highest BCUT2D eigenvalue weighted by Gasteiger charge is 2.27. The fourth-order valence-corrected chi connectivity index (χ4v) is 2.70. The first kappa shape index (κ1) is 14.4. The first-order valence-corrected chi connectivity index (χ1v) is 6.78. The minimum absolute atomic E-state index is 0.210. The number of imidazole rings is 1. The van der Waals surface area contributed by atoms with E-state index < -0.39 is 12.6 Å². The van der Waals surface area contributed by atoms with Gasteiger partial charge >= 0.3 is 6.18 Å². The molecule has 0 saturated carbocycles. The average Bonchev–Trinajstić information content (AvgIpc) is 2.80. The fraction of sp³-hybridized carbons (Fsp3) is 0.769. The molecule has 0 spiro atoms. The van der Waals surface area contributed by atoms with Gasteiger partial charge in [0.2, 0.25) is 0 Å². The van der Waals surface area contributed by atoms with Crippen molar-refractivity contribution < 1.29 is 13.2 Å². The number of hydrogen-bond acceptors (Lipinski definition) is 2. The highest BCUT2D eigenvalue weighted by Crippen LogP contribution is 2.23. The molecule has 2 rings (SSSR count). The fourth-order valence-electron chi connectivity index (χ4n) is 2.70. The molecule has 1 aromatic heterocycles. The Bertz CT molecular complexity index is 362. The second kappa shape index (κ2) is 6.41. The molecule has 0 N–H and O–H groups in total. The van der Waals surface area contributed by atoms with Gasteiger partial charge in [0.15, 0.2) is 0 Å². The zero-order chi connectivity index (χ0) is 13.7. The van der Waals surface area contributed by atoms with E-state index in [-0.39, 0.29) is 6.42 Å². The Balaban J connectivity index is 1.71. The Morgan fingerprint density at radius 3 is 2.84 bits per heavy atom. The second-order valence-electron chi connectivity index (χ2n) is 5.29. The van der Waals surface area contributed by atoms with E-state index >= 15 is 0 Å². The first-order chi connectivity index (χ1) is 9.03. The maximum absolute atomic E-state index is 12.1. The molecule has 1 saturated heterocycles. The number of halogens is 3. The minimum Gasteiger partial charge on any atom is -0.337 e. The van der Waals surface area contributed by atoms with Crippen LogP contribution in [0.25, 0.3) is 0 Å². The minimum atomic E-state index is -4.02. The highest BCUT2D eigenvalue weighted by atomic mass is 19.4. The standard InChI is InChI=1S/C13H20F3N3/c14-13(15,16)4-2-7-18-6-1-3-12(9-18)10-19-8-5-17-11-19/h5,8,11-12H,1-4,6-7,9-10H2. The van der Waals surface area contributed by atoms with Crippen molar-refractivity contribution in [2.75, 3.05) is 19.6 Å². The summed E-state index contributed by atoms with van der Waals surface area (Å²) in [4.78, 5) is 6.17. The maximum atomic E-state index is 12.1. The van der Waals surface area contributed by atoms with Gasteiger partial charge in [-0.05, 0) is 38.3 Å². The lowest BCUT2D eigenvalue weighted by Crippen LogP contribution is -2.37. The van der Waals surface area contributed by atoms with Crippen LogP contribution in [0, 0.1) is 5.92 Å². The lowest BCUT2D eigenvalue weighted by atomic mass is 9.97. The molecule has 108 valence electrons. The Kier molecular flexibility index (Phi) is 4.85. The van der Waals surface area contributed by atoms with Crippen LogP contribution in [0.4, 0.5) is 13.2 Å². The van der Waals surface area contributed by atoms with Gasteiger partial charge in [0.25, 0.3) is 0 Å². The van der Waals surface area contributed by atoms with Crippen LogP contribution in [0.1, 0.15) is 25.7 Å². The van der Waals surface area contributed by atoms with Crippen LogP contribution in [-0.4, -0.2) is 40.3 Å². The zero-order valence-electron chi connectivity index (χ0n) is 10.9. The van der Waals surface area contributed by atoms with Crippen molar-refractivity contribution >= 4 is 0 Å². The third-order valence-electron chi connectivity index (χ3n) is 3.57. The molecular weight excluding hydrogens is 255 g/mol. The van der Waals surface area contributed by atoms with E-state index in [0.29, 0.717) is 12.5 Å². The van der Waals surface area contributed by atoms with Crippen LogP contribution in [0.15, 0.2) is 18.7 Å². The van der Waals surface area contributed by atoms with Gasteiger partial charge in [0, 0.05) is 31.9 Å². The van der Waals surface area contributed by atoms with E-state index in [9.17, 15) is 13.2 Å². The molecule has 1 atom stereocenters. The molecule has 0 bridgehead atoms. The SMILES string of the molecule is FC(F)(F)CCCN1CCCC(Cn2ccnc2)C1. The maximum Gasteiger partial charge on any atom is 0.389 e. The summed E-state index contributed by atoms with van der Waals surface area (Å²) in [6, 6.07) is 0. The molecule has 2 heterocycles. The van der Waals surface area contributed by atoms with Crippen LogP contribution in [0.5, 0.6) is 0 Å². The third-order valence-corrected chi connectivity index (χ3v) is 3.57. The molecule has 1 aromatic rings. The molecule has 1 fully saturated rings. The van der Waals surface area contributed by atoms with Gasteiger partial charge in [-0.3, -0.25) is 0 Å². The summed E-state index contributed by atoms with van der Waals surface area (Å²) in [5, 5.41) is 0. The van der Waals surface area contributed by atoms with Crippen molar-refractivity contribution in [1.29, 1.82) is 0 Å². The van der Waals surface area contributed by atoms with E-state index in [1.54, 1.807) is 12.5 Å². The summed E-state index contributed by atoms with van der Waals surface area (Å²) in [5.74, 6) is 0.522. The van der Waals surface area contributed by atoms with Gasteiger partial charge < -0.3 is 9.47 Å². The Morgan fingerprint density at radius 2 is 2.16 bits per heavy atom.